The van der Waals surface area contributed by atoms with Gasteiger partial charge in [-0.15, -0.1) is 0 Å². The van der Waals surface area contributed by atoms with Crippen LogP contribution in [0, 0.1) is 0 Å². The number of hydrogen-bond donors (Lipinski definition) is 0. The summed E-state index contributed by atoms with van der Waals surface area (Å²) >= 11 is 7.69. The normalized spacial score (nSPS) is 13.0. The Bertz CT molecular complexity index is 611. The van der Waals surface area contributed by atoms with Gasteiger partial charge in [0.05, 0.1) is 23.9 Å². The third-order valence-electron chi connectivity index (χ3n) is 3.50. The van der Waals surface area contributed by atoms with Crippen molar-refractivity contribution in [1.82, 2.24) is 4.31 Å². The van der Waals surface area contributed by atoms with Gasteiger partial charge in [-0.3, -0.25) is 0 Å². The van der Waals surface area contributed by atoms with Gasteiger partial charge >= 0.3 is 0 Å². The molecular weight excluding hydrogens is 312 g/mol. The summed E-state index contributed by atoms with van der Waals surface area (Å²) in [5.74, 6) is 0. The van der Waals surface area contributed by atoms with E-state index in [1.54, 1.807) is 11.9 Å². The zero-order valence-corrected chi connectivity index (χ0v) is 14.8. The summed E-state index contributed by atoms with van der Waals surface area (Å²) < 4.78 is 4.44. The highest BCUT2D eigenvalue weighted by Crippen LogP contribution is 2.26. The van der Waals surface area contributed by atoms with Crippen LogP contribution in [0.25, 0.3) is 0 Å². The van der Waals surface area contributed by atoms with Gasteiger partial charge < -0.3 is 0 Å². The lowest BCUT2D eigenvalue weighted by Crippen LogP contribution is -2.27. The van der Waals surface area contributed by atoms with Crippen LogP contribution in [0.15, 0.2) is 59.5 Å². The third kappa shape index (κ3) is 4.79. The molecule has 4 heteroatoms. The molecule has 2 nitrogen and oxygen atoms in total. The summed E-state index contributed by atoms with van der Waals surface area (Å²) in [5, 5.41) is 0.768. The van der Waals surface area contributed by atoms with E-state index in [1.807, 2.05) is 18.2 Å². The van der Waals surface area contributed by atoms with E-state index in [0.717, 1.165) is 11.4 Å². The second-order valence-corrected chi connectivity index (χ2v) is 6.74. The molecule has 0 spiro atoms. The van der Waals surface area contributed by atoms with Gasteiger partial charge in [-0.05, 0) is 49.7 Å². The standard InChI is InChI=1S/C18H22ClN2S/c1-4-15(2)21(22-18-12-10-16(19)11-13-18)14-20(3)17-8-6-5-7-9-17/h5-15H,4H2,1-3H3/q+1. The van der Waals surface area contributed by atoms with E-state index in [-0.39, 0.29) is 0 Å². The van der Waals surface area contributed by atoms with Gasteiger partial charge in [-0.2, -0.15) is 4.31 Å². The number of hydrogen-bond acceptors (Lipinski definition) is 1. The van der Waals surface area contributed by atoms with Crippen molar-refractivity contribution < 1.29 is 4.58 Å². The summed E-state index contributed by atoms with van der Waals surface area (Å²) in [6.45, 7) is 4.44. The number of benzene rings is 2. The fraction of sp³-hybridized carbons (Fsp3) is 0.278. The first-order chi connectivity index (χ1) is 10.6. The first-order valence-corrected chi connectivity index (χ1v) is 8.60. The van der Waals surface area contributed by atoms with E-state index < -0.39 is 0 Å². The predicted molar refractivity (Wildman–Crippen MR) is 97.3 cm³/mol. The molecule has 0 radical (unpaired) electrons. The number of nitrogens with zero attached hydrogens (tertiary/aromatic N) is 2. The van der Waals surface area contributed by atoms with Crippen LogP contribution in [-0.2, 0) is 0 Å². The average molecular weight is 334 g/mol. The van der Waals surface area contributed by atoms with Gasteiger partial charge in [0.1, 0.15) is 11.7 Å². The largest absolute Gasteiger partial charge is 0.251 e. The van der Waals surface area contributed by atoms with E-state index in [4.69, 9.17) is 11.6 Å². The second-order valence-electron chi connectivity index (χ2n) is 5.22. The van der Waals surface area contributed by atoms with Gasteiger partial charge in [0.2, 0.25) is 0 Å². The lowest BCUT2D eigenvalue weighted by molar-refractivity contribution is -0.404. The molecule has 2 rings (SSSR count). The molecule has 0 aliphatic rings. The summed E-state index contributed by atoms with van der Waals surface area (Å²) in [4.78, 5) is 1.18. The molecule has 0 saturated heterocycles. The molecule has 22 heavy (non-hydrogen) atoms. The Morgan fingerprint density at radius 1 is 1.14 bits per heavy atom. The van der Waals surface area contributed by atoms with Crippen molar-refractivity contribution in [3.8, 4) is 0 Å². The topological polar surface area (TPSA) is 6.25 Å². The fourth-order valence-electron chi connectivity index (χ4n) is 1.92. The van der Waals surface area contributed by atoms with Crippen molar-refractivity contribution in [3.63, 3.8) is 0 Å². The molecule has 0 aliphatic carbocycles. The highest BCUT2D eigenvalue weighted by molar-refractivity contribution is 7.97. The molecule has 0 heterocycles. The van der Waals surface area contributed by atoms with Crippen LogP contribution in [0.2, 0.25) is 5.02 Å². The lowest BCUT2D eigenvalue weighted by Gasteiger charge is -2.18. The van der Waals surface area contributed by atoms with Crippen molar-refractivity contribution in [2.75, 3.05) is 7.05 Å². The first-order valence-electron chi connectivity index (χ1n) is 7.45. The highest BCUT2D eigenvalue weighted by Gasteiger charge is 2.19. The highest BCUT2D eigenvalue weighted by atomic mass is 35.5. The van der Waals surface area contributed by atoms with Crippen LogP contribution in [0.5, 0.6) is 0 Å². The lowest BCUT2D eigenvalue weighted by atomic mass is 10.3. The van der Waals surface area contributed by atoms with Crippen molar-refractivity contribution in [2.45, 2.75) is 31.2 Å². The van der Waals surface area contributed by atoms with Crippen LogP contribution >= 0.6 is 23.5 Å². The monoisotopic (exact) mass is 333 g/mol. The van der Waals surface area contributed by atoms with Gasteiger partial charge in [0.25, 0.3) is 6.34 Å². The molecule has 0 aliphatic heterocycles. The molecule has 0 bridgehead atoms. The minimum absolute atomic E-state index is 0.437. The molecule has 2 aromatic carbocycles. The summed E-state index contributed by atoms with van der Waals surface area (Å²) in [7, 11) is 2.08. The molecular formula is C18H22ClN2S+. The van der Waals surface area contributed by atoms with E-state index in [0.29, 0.717) is 6.04 Å². The Morgan fingerprint density at radius 3 is 2.36 bits per heavy atom. The minimum Gasteiger partial charge on any atom is -0.236 e. The summed E-state index contributed by atoms with van der Waals surface area (Å²) in [6, 6.07) is 18.8. The maximum Gasteiger partial charge on any atom is 0.251 e. The van der Waals surface area contributed by atoms with Gasteiger partial charge in [0, 0.05) is 5.02 Å². The Kier molecular flexibility index (Phi) is 6.34. The Hall–Kier alpha value is -1.45. The van der Waals surface area contributed by atoms with Crippen molar-refractivity contribution in [3.05, 3.63) is 59.6 Å². The van der Waals surface area contributed by atoms with Crippen LogP contribution in [0.3, 0.4) is 0 Å². The number of halogens is 1. The Morgan fingerprint density at radius 2 is 1.77 bits per heavy atom. The van der Waals surface area contributed by atoms with Crippen LogP contribution < -0.4 is 0 Å². The molecule has 1 unspecified atom stereocenters. The zero-order chi connectivity index (χ0) is 15.9. The molecule has 0 N–H and O–H groups in total. The van der Waals surface area contributed by atoms with Gasteiger partial charge in [-0.25, -0.2) is 4.58 Å². The van der Waals surface area contributed by atoms with Crippen molar-refractivity contribution in [1.29, 1.82) is 0 Å². The van der Waals surface area contributed by atoms with Crippen LogP contribution in [0.4, 0.5) is 5.69 Å². The zero-order valence-electron chi connectivity index (χ0n) is 13.2. The average Bonchev–Trinajstić information content (AvgIpc) is 2.56. The fourth-order valence-corrected chi connectivity index (χ4v) is 3.07. The molecule has 0 amide bonds. The second kappa shape index (κ2) is 8.25. The molecule has 2 aromatic rings. The number of rotatable bonds is 6. The maximum absolute atomic E-state index is 5.96. The predicted octanol–water partition coefficient (Wildman–Crippen LogP) is 5.45. The summed E-state index contributed by atoms with van der Waals surface area (Å²) in [5.41, 5.74) is 1.17. The van der Waals surface area contributed by atoms with Crippen LogP contribution in [-0.4, -0.2) is 28.3 Å². The minimum atomic E-state index is 0.437. The Labute approximate surface area is 142 Å². The van der Waals surface area contributed by atoms with E-state index >= 15 is 0 Å². The van der Waals surface area contributed by atoms with Gasteiger partial charge in [-0.1, -0.05) is 36.7 Å². The first kappa shape index (κ1) is 16.9. The van der Waals surface area contributed by atoms with Gasteiger partial charge in [0.15, 0.2) is 0 Å². The SMILES string of the molecule is CCC(C)N(C=[N+](C)c1ccccc1)Sc1ccc(Cl)cc1. The molecule has 0 saturated carbocycles. The molecule has 0 fully saturated rings. The smallest absolute Gasteiger partial charge is 0.236 e. The van der Waals surface area contributed by atoms with E-state index in [1.165, 1.54) is 10.6 Å². The quantitative estimate of drug-likeness (QED) is 0.300. The van der Waals surface area contributed by atoms with E-state index in [2.05, 4.69) is 72.5 Å². The summed E-state index contributed by atoms with van der Waals surface area (Å²) in [6.07, 6.45) is 3.24. The van der Waals surface area contributed by atoms with Crippen molar-refractivity contribution >= 4 is 35.6 Å². The van der Waals surface area contributed by atoms with E-state index in [9.17, 15) is 0 Å². The Balaban J connectivity index is 2.21. The molecule has 1 atom stereocenters. The number of para-hydroxylation sites is 1. The molecule has 0 aromatic heterocycles. The molecule has 116 valence electrons. The van der Waals surface area contributed by atoms with Crippen LogP contribution in [0.1, 0.15) is 20.3 Å². The maximum atomic E-state index is 5.96. The van der Waals surface area contributed by atoms with Crippen molar-refractivity contribution in [2.24, 2.45) is 0 Å². The third-order valence-corrected chi connectivity index (χ3v) is 4.90.